The van der Waals surface area contributed by atoms with E-state index >= 15 is 0 Å². The molecule has 0 aliphatic heterocycles. The number of carboxylic acids is 1. The number of hydrogen-bond donors (Lipinski definition) is 1. The monoisotopic (exact) mass is 291 g/mol. The predicted octanol–water partition coefficient (Wildman–Crippen LogP) is 3.01. The molecule has 1 aromatic carbocycles. The molecule has 1 aliphatic carbocycles. The lowest BCUT2D eigenvalue weighted by Crippen LogP contribution is -2.40. The number of ether oxygens (including phenoxy) is 1. The van der Waals surface area contributed by atoms with E-state index < -0.39 is 5.97 Å². The third-order valence-electron chi connectivity index (χ3n) is 4.02. The van der Waals surface area contributed by atoms with Crippen LogP contribution in [0.1, 0.15) is 36.8 Å². The minimum absolute atomic E-state index is 0.112. The highest BCUT2D eigenvalue weighted by Crippen LogP contribution is 2.23. The average Bonchev–Trinajstić information content (AvgIpc) is 2.89. The molecule has 2 rings (SSSR count). The first-order chi connectivity index (χ1) is 10.0. The van der Waals surface area contributed by atoms with E-state index in [1.54, 1.807) is 0 Å². The van der Waals surface area contributed by atoms with Gasteiger partial charge in [-0.15, -0.1) is 0 Å². The van der Waals surface area contributed by atoms with E-state index in [1.807, 2.05) is 12.1 Å². The second-order valence-electron chi connectivity index (χ2n) is 5.97. The number of aryl methyl sites for hydroxylation is 2. The van der Waals surface area contributed by atoms with Gasteiger partial charge in [-0.05, 0) is 49.9 Å². The van der Waals surface area contributed by atoms with E-state index in [0.29, 0.717) is 19.2 Å². The number of aliphatic carboxylic acids is 1. The molecule has 0 aromatic heterocycles. The normalized spacial score (nSPS) is 15.6. The van der Waals surface area contributed by atoms with Crippen LogP contribution in [0.15, 0.2) is 18.2 Å². The minimum atomic E-state index is -0.756. The van der Waals surface area contributed by atoms with E-state index in [9.17, 15) is 4.79 Å². The van der Waals surface area contributed by atoms with E-state index in [-0.39, 0.29) is 6.54 Å². The van der Waals surface area contributed by atoms with Crippen molar-refractivity contribution in [2.45, 2.75) is 45.6 Å². The van der Waals surface area contributed by atoms with Crippen LogP contribution in [0.25, 0.3) is 0 Å². The molecule has 1 saturated carbocycles. The van der Waals surface area contributed by atoms with Gasteiger partial charge < -0.3 is 9.84 Å². The Morgan fingerprint density at radius 2 is 1.86 bits per heavy atom. The van der Waals surface area contributed by atoms with Crippen molar-refractivity contribution in [3.8, 4) is 5.75 Å². The maximum atomic E-state index is 11.0. The SMILES string of the molecule is Cc1cc(C)cc(OCCN(CC(=O)O)C2CCCC2)c1. The zero-order valence-corrected chi connectivity index (χ0v) is 13.0. The molecule has 0 heterocycles. The van der Waals surface area contributed by atoms with Crippen LogP contribution < -0.4 is 4.74 Å². The van der Waals surface area contributed by atoms with Crippen LogP contribution in [-0.4, -0.2) is 41.7 Å². The highest BCUT2D eigenvalue weighted by molar-refractivity contribution is 5.69. The zero-order valence-electron chi connectivity index (χ0n) is 13.0. The van der Waals surface area contributed by atoms with Crippen LogP contribution in [0, 0.1) is 13.8 Å². The first-order valence-corrected chi connectivity index (χ1v) is 7.71. The Hall–Kier alpha value is -1.55. The Balaban J connectivity index is 1.87. The molecule has 1 aromatic rings. The first-order valence-electron chi connectivity index (χ1n) is 7.71. The van der Waals surface area contributed by atoms with Gasteiger partial charge in [0.25, 0.3) is 0 Å². The Morgan fingerprint density at radius 3 is 2.43 bits per heavy atom. The molecule has 1 fully saturated rings. The van der Waals surface area contributed by atoms with Crippen LogP contribution in [0.2, 0.25) is 0 Å². The van der Waals surface area contributed by atoms with Gasteiger partial charge >= 0.3 is 5.97 Å². The molecule has 4 nitrogen and oxygen atoms in total. The molecule has 0 amide bonds. The summed E-state index contributed by atoms with van der Waals surface area (Å²) < 4.78 is 5.80. The average molecular weight is 291 g/mol. The molecule has 0 unspecified atom stereocenters. The second-order valence-corrected chi connectivity index (χ2v) is 5.97. The summed E-state index contributed by atoms with van der Waals surface area (Å²) in [6.45, 7) is 5.42. The highest BCUT2D eigenvalue weighted by Gasteiger charge is 2.24. The fraction of sp³-hybridized carbons (Fsp3) is 0.588. The quantitative estimate of drug-likeness (QED) is 0.839. The van der Waals surface area contributed by atoms with Crippen molar-refractivity contribution in [1.29, 1.82) is 0 Å². The lowest BCUT2D eigenvalue weighted by molar-refractivity contribution is -0.139. The van der Waals surface area contributed by atoms with Crippen LogP contribution >= 0.6 is 0 Å². The molecular formula is C17H25NO3. The van der Waals surface area contributed by atoms with Gasteiger partial charge in [-0.25, -0.2) is 0 Å². The largest absolute Gasteiger partial charge is 0.492 e. The highest BCUT2D eigenvalue weighted by atomic mass is 16.5. The summed E-state index contributed by atoms with van der Waals surface area (Å²) in [7, 11) is 0. The standard InChI is InChI=1S/C17H25NO3/c1-13-9-14(2)11-16(10-13)21-8-7-18(12-17(19)20)15-5-3-4-6-15/h9-11,15H,3-8,12H2,1-2H3,(H,19,20). The minimum Gasteiger partial charge on any atom is -0.492 e. The molecule has 0 saturated heterocycles. The van der Waals surface area contributed by atoms with E-state index in [0.717, 1.165) is 18.6 Å². The second kappa shape index (κ2) is 7.46. The summed E-state index contributed by atoms with van der Waals surface area (Å²) in [5.74, 6) is 0.113. The fourth-order valence-electron chi connectivity index (χ4n) is 3.13. The smallest absolute Gasteiger partial charge is 0.317 e. The molecule has 1 aliphatic rings. The molecule has 0 radical (unpaired) electrons. The van der Waals surface area contributed by atoms with Crippen molar-refractivity contribution in [1.82, 2.24) is 4.90 Å². The Labute approximate surface area is 126 Å². The van der Waals surface area contributed by atoms with Gasteiger partial charge in [0.15, 0.2) is 0 Å². The number of rotatable bonds is 7. The van der Waals surface area contributed by atoms with Crippen molar-refractivity contribution in [2.75, 3.05) is 19.7 Å². The van der Waals surface area contributed by atoms with Crippen LogP contribution in [0.4, 0.5) is 0 Å². The zero-order chi connectivity index (χ0) is 15.2. The fourth-order valence-corrected chi connectivity index (χ4v) is 3.13. The van der Waals surface area contributed by atoms with E-state index in [1.165, 1.54) is 24.0 Å². The van der Waals surface area contributed by atoms with Gasteiger partial charge in [-0.2, -0.15) is 0 Å². The number of carboxylic acid groups (broad SMARTS) is 1. The summed E-state index contributed by atoms with van der Waals surface area (Å²) in [6.07, 6.45) is 4.63. The molecule has 4 heteroatoms. The third kappa shape index (κ3) is 5.05. The molecule has 0 spiro atoms. The molecule has 0 bridgehead atoms. The molecule has 116 valence electrons. The summed E-state index contributed by atoms with van der Waals surface area (Å²) in [6, 6.07) is 6.56. The van der Waals surface area contributed by atoms with E-state index in [2.05, 4.69) is 24.8 Å². The third-order valence-corrected chi connectivity index (χ3v) is 4.02. The Morgan fingerprint density at radius 1 is 1.24 bits per heavy atom. The van der Waals surface area contributed by atoms with Crippen LogP contribution in [0.5, 0.6) is 5.75 Å². The van der Waals surface area contributed by atoms with Crippen molar-refractivity contribution in [3.05, 3.63) is 29.3 Å². The van der Waals surface area contributed by atoms with Crippen LogP contribution in [0.3, 0.4) is 0 Å². The van der Waals surface area contributed by atoms with Gasteiger partial charge in [0.05, 0.1) is 6.54 Å². The number of hydrogen-bond acceptors (Lipinski definition) is 3. The number of benzene rings is 1. The van der Waals surface area contributed by atoms with Crippen molar-refractivity contribution in [2.24, 2.45) is 0 Å². The number of nitrogens with zero attached hydrogens (tertiary/aromatic N) is 1. The summed E-state index contributed by atoms with van der Waals surface area (Å²) in [4.78, 5) is 13.1. The maximum absolute atomic E-state index is 11.0. The first kappa shape index (κ1) is 15.8. The van der Waals surface area contributed by atoms with Gasteiger partial charge in [0.2, 0.25) is 0 Å². The summed E-state index contributed by atoms with van der Waals surface area (Å²) >= 11 is 0. The van der Waals surface area contributed by atoms with Gasteiger partial charge in [0, 0.05) is 12.6 Å². The lowest BCUT2D eigenvalue weighted by atomic mass is 10.1. The Bertz CT molecular complexity index is 461. The van der Waals surface area contributed by atoms with Crippen molar-refractivity contribution >= 4 is 5.97 Å². The van der Waals surface area contributed by atoms with Gasteiger partial charge in [-0.1, -0.05) is 18.9 Å². The predicted molar refractivity (Wildman–Crippen MR) is 82.9 cm³/mol. The molecule has 1 N–H and O–H groups in total. The number of carbonyl (C=O) groups is 1. The molecule has 0 atom stereocenters. The molecule has 21 heavy (non-hydrogen) atoms. The summed E-state index contributed by atoms with van der Waals surface area (Å²) in [5, 5.41) is 9.05. The van der Waals surface area contributed by atoms with Crippen molar-refractivity contribution in [3.63, 3.8) is 0 Å². The lowest BCUT2D eigenvalue weighted by Gasteiger charge is -2.27. The summed E-state index contributed by atoms with van der Waals surface area (Å²) in [5.41, 5.74) is 2.37. The van der Waals surface area contributed by atoms with E-state index in [4.69, 9.17) is 9.84 Å². The molecular weight excluding hydrogens is 266 g/mol. The van der Waals surface area contributed by atoms with Crippen molar-refractivity contribution < 1.29 is 14.6 Å². The van der Waals surface area contributed by atoms with Gasteiger partial charge in [0.1, 0.15) is 12.4 Å². The van der Waals surface area contributed by atoms with Crippen LogP contribution in [-0.2, 0) is 4.79 Å². The Kier molecular flexibility index (Phi) is 5.62. The van der Waals surface area contributed by atoms with Gasteiger partial charge in [-0.3, -0.25) is 9.69 Å². The topological polar surface area (TPSA) is 49.8 Å². The maximum Gasteiger partial charge on any atom is 0.317 e.